The highest BCUT2D eigenvalue weighted by molar-refractivity contribution is 7.92. The highest BCUT2D eigenvalue weighted by Gasteiger charge is 2.29. The zero-order chi connectivity index (χ0) is 27.9. The molecule has 10 nitrogen and oxygen atoms in total. The number of methoxy groups -OCH3 is 1. The normalized spacial score (nSPS) is 13.2. The molecular weight excluding hydrogens is 510 g/mol. The number of hydrogen-bond donors (Lipinski definition) is 1. The molecule has 1 aliphatic rings. The van der Waals surface area contributed by atoms with Crippen molar-refractivity contribution in [1.29, 1.82) is 0 Å². The van der Waals surface area contributed by atoms with Gasteiger partial charge in [0, 0.05) is 31.6 Å². The summed E-state index contributed by atoms with van der Waals surface area (Å²) in [4.78, 5) is 28.1. The van der Waals surface area contributed by atoms with Crippen molar-refractivity contribution in [3.8, 4) is 17.2 Å². The van der Waals surface area contributed by atoms with E-state index in [9.17, 15) is 18.0 Å². The molecule has 1 heterocycles. The predicted molar refractivity (Wildman–Crippen MR) is 145 cm³/mol. The fraction of sp³-hybridized carbons (Fsp3) is 0.481. The minimum Gasteiger partial charge on any atom is -0.497 e. The number of anilines is 1. The minimum atomic E-state index is -3.62. The van der Waals surface area contributed by atoms with Gasteiger partial charge < -0.3 is 24.4 Å². The zero-order valence-corrected chi connectivity index (χ0v) is 23.4. The van der Waals surface area contributed by atoms with Gasteiger partial charge in [-0.05, 0) is 56.5 Å². The predicted octanol–water partition coefficient (Wildman–Crippen LogP) is 3.30. The summed E-state index contributed by atoms with van der Waals surface area (Å²) in [6.45, 7) is 6.02. The first-order valence-corrected chi connectivity index (χ1v) is 14.5. The summed E-state index contributed by atoms with van der Waals surface area (Å²) < 4.78 is 42.3. The molecule has 0 saturated carbocycles. The second kappa shape index (κ2) is 12.9. The molecule has 2 amide bonds. The number of carbonyl (C=O) groups is 2. The van der Waals surface area contributed by atoms with Crippen LogP contribution in [0, 0.1) is 0 Å². The first-order valence-electron chi connectivity index (χ1n) is 12.6. The molecule has 1 unspecified atom stereocenters. The Hall–Kier alpha value is -3.47. The van der Waals surface area contributed by atoms with Crippen LogP contribution in [0.15, 0.2) is 42.5 Å². The van der Waals surface area contributed by atoms with E-state index in [2.05, 4.69) is 5.32 Å². The maximum absolute atomic E-state index is 13.5. The van der Waals surface area contributed by atoms with Crippen LogP contribution in [0.5, 0.6) is 17.2 Å². The van der Waals surface area contributed by atoms with Crippen LogP contribution in [-0.2, 0) is 26.2 Å². The van der Waals surface area contributed by atoms with Gasteiger partial charge in [0.1, 0.15) is 11.8 Å². The lowest BCUT2D eigenvalue weighted by atomic mass is 10.1. The number of hydrogen-bond acceptors (Lipinski definition) is 7. The standard InChI is InChI=1S/C27H37N3O7S/c1-6-23(27(32)28-19(2)3)29(17-20-9-12-22(35-4)13-10-20)26(31)8-7-15-30(38(5,33)34)21-11-14-24-25(16-21)37-18-36-24/h9-14,16,19,23H,6-8,15,17-18H2,1-5H3,(H,28,32). The van der Waals surface area contributed by atoms with Crippen LogP contribution >= 0.6 is 0 Å². The van der Waals surface area contributed by atoms with Crippen molar-refractivity contribution in [2.24, 2.45) is 0 Å². The van der Waals surface area contributed by atoms with Gasteiger partial charge in [0.05, 0.1) is 19.1 Å². The third kappa shape index (κ3) is 7.53. The summed E-state index contributed by atoms with van der Waals surface area (Å²) in [6, 6.07) is 11.5. The maximum Gasteiger partial charge on any atom is 0.243 e. The molecule has 0 radical (unpaired) electrons. The van der Waals surface area contributed by atoms with Crippen LogP contribution in [-0.4, -0.2) is 63.9 Å². The van der Waals surface area contributed by atoms with E-state index in [0.29, 0.717) is 29.4 Å². The third-order valence-electron chi connectivity index (χ3n) is 6.13. The van der Waals surface area contributed by atoms with E-state index in [-0.39, 0.29) is 50.6 Å². The Morgan fingerprint density at radius 3 is 2.37 bits per heavy atom. The Balaban J connectivity index is 1.76. The maximum atomic E-state index is 13.5. The molecule has 2 aromatic carbocycles. The number of fused-ring (bicyclic) bond motifs is 1. The Morgan fingerprint density at radius 1 is 1.08 bits per heavy atom. The number of nitrogens with zero attached hydrogens (tertiary/aromatic N) is 2. The summed E-state index contributed by atoms with van der Waals surface area (Å²) in [7, 11) is -2.04. The number of rotatable bonds is 13. The molecule has 208 valence electrons. The molecular formula is C27H37N3O7S. The lowest BCUT2D eigenvalue weighted by molar-refractivity contribution is -0.141. The van der Waals surface area contributed by atoms with E-state index < -0.39 is 16.1 Å². The van der Waals surface area contributed by atoms with E-state index in [1.807, 2.05) is 45.0 Å². The van der Waals surface area contributed by atoms with Crippen molar-refractivity contribution in [3.05, 3.63) is 48.0 Å². The van der Waals surface area contributed by atoms with Crippen molar-refractivity contribution in [2.75, 3.05) is 31.0 Å². The van der Waals surface area contributed by atoms with Crippen LogP contribution in [0.3, 0.4) is 0 Å². The number of benzene rings is 2. The largest absolute Gasteiger partial charge is 0.497 e. The van der Waals surface area contributed by atoms with Crippen LogP contribution < -0.4 is 23.8 Å². The lowest BCUT2D eigenvalue weighted by Crippen LogP contribution is -2.50. The highest BCUT2D eigenvalue weighted by atomic mass is 32.2. The molecule has 0 aromatic heterocycles. The lowest BCUT2D eigenvalue weighted by Gasteiger charge is -2.31. The molecule has 0 bridgehead atoms. The third-order valence-corrected chi connectivity index (χ3v) is 7.32. The Labute approximate surface area is 224 Å². The van der Waals surface area contributed by atoms with Crippen LogP contribution in [0.1, 0.15) is 45.6 Å². The van der Waals surface area contributed by atoms with Crippen LogP contribution in [0.4, 0.5) is 5.69 Å². The van der Waals surface area contributed by atoms with Gasteiger partial charge in [0.15, 0.2) is 11.5 Å². The van der Waals surface area contributed by atoms with Gasteiger partial charge >= 0.3 is 0 Å². The number of amides is 2. The Kier molecular flexibility index (Phi) is 9.84. The molecule has 38 heavy (non-hydrogen) atoms. The quantitative estimate of drug-likeness (QED) is 0.409. The van der Waals surface area contributed by atoms with Gasteiger partial charge in [0.25, 0.3) is 0 Å². The van der Waals surface area contributed by atoms with E-state index in [0.717, 1.165) is 11.8 Å². The van der Waals surface area contributed by atoms with Crippen molar-refractivity contribution >= 4 is 27.5 Å². The van der Waals surface area contributed by atoms with E-state index in [1.165, 1.54) is 4.31 Å². The van der Waals surface area contributed by atoms with Crippen molar-refractivity contribution < 1.29 is 32.2 Å². The zero-order valence-electron chi connectivity index (χ0n) is 22.6. The van der Waals surface area contributed by atoms with Gasteiger partial charge in [0.2, 0.25) is 28.6 Å². The molecule has 0 fully saturated rings. The minimum absolute atomic E-state index is 0.0676. The summed E-state index contributed by atoms with van der Waals surface area (Å²) in [6.07, 6.45) is 1.89. The van der Waals surface area contributed by atoms with Gasteiger partial charge in [-0.2, -0.15) is 0 Å². The summed E-state index contributed by atoms with van der Waals surface area (Å²) in [5.41, 5.74) is 1.29. The van der Waals surface area contributed by atoms with Gasteiger partial charge in [-0.25, -0.2) is 8.42 Å². The molecule has 0 aliphatic carbocycles. The number of nitrogens with one attached hydrogen (secondary N) is 1. The molecule has 0 saturated heterocycles. The average Bonchev–Trinajstić information content (AvgIpc) is 3.33. The van der Waals surface area contributed by atoms with Crippen molar-refractivity contribution in [1.82, 2.24) is 10.2 Å². The molecule has 11 heteroatoms. The second-order valence-electron chi connectivity index (χ2n) is 9.43. The van der Waals surface area contributed by atoms with Gasteiger partial charge in [-0.15, -0.1) is 0 Å². The number of ether oxygens (including phenoxy) is 3. The van der Waals surface area contributed by atoms with Crippen molar-refractivity contribution in [2.45, 2.75) is 58.7 Å². The summed E-state index contributed by atoms with van der Waals surface area (Å²) >= 11 is 0. The van der Waals surface area contributed by atoms with Gasteiger partial charge in [-0.1, -0.05) is 19.1 Å². The van der Waals surface area contributed by atoms with E-state index >= 15 is 0 Å². The topological polar surface area (TPSA) is 114 Å². The monoisotopic (exact) mass is 547 g/mol. The van der Waals surface area contributed by atoms with E-state index in [4.69, 9.17) is 14.2 Å². The molecule has 2 aromatic rings. The van der Waals surface area contributed by atoms with Crippen LogP contribution in [0.25, 0.3) is 0 Å². The van der Waals surface area contributed by atoms with Crippen molar-refractivity contribution in [3.63, 3.8) is 0 Å². The van der Waals surface area contributed by atoms with E-state index in [1.54, 1.807) is 30.2 Å². The fourth-order valence-electron chi connectivity index (χ4n) is 4.27. The Morgan fingerprint density at radius 2 is 1.76 bits per heavy atom. The average molecular weight is 548 g/mol. The van der Waals surface area contributed by atoms with Gasteiger partial charge in [-0.3, -0.25) is 13.9 Å². The SMILES string of the molecule is CCC(C(=O)NC(C)C)N(Cc1ccc(OC)cc1)C(=O)CCCN(c1ccc2c(c1)OCO2)S(C)(=O)=O. The molecule has 1 aliphatic heterocycles. The first-order chi connectivity index (χ1) is 18.0. The molecule has 1 N–H and O–H groups in total. The smallest absolute Gasteiger partial charge is 0.243 e. The molecule has 0 spiro atoms. The second-order valence-corrected chi connectivity index (χ2v) is 11.3. The fourth-order valence-corrected chi connectivity index (χ4v) is 5.23. The highest BCUT2D eigenvalue weighted by Crippen LogP contribution is 2.36. The molecule has 3 rings (SSSR count). The number of carbonyl (C=O) groups excluding carboxylic acids is 2. The molecule has 1 atom stereocenters. The number of sulfonamides is 1. The van der Waals surface area contributed by atoms with Crippen LogP contribution in [0.2, 0.25) is 0 Å². The summed E-state index contributed by atoms with van der Waals surface area (Å²) in [5, 5.41) is 2.91. The summed E-state index contributed by atoms with van der Waals surface area (Å²) in [5.74, 6) is 1.27. The Bertz CT molecular complexity index is 1220. The first kappa shape index (κ1) is 29.1.